The summed E-state index contributed by atoms with van der Waals surface area (Å²) < 4.78 is 6.96. The Morgan fingerprint density at radius 2 is 1.94 bits per heavy atom. The third-order valence-electron chi connectivity index (χ3n) is 6.67. The highest BCUT2D eigenvalue weighted by molar-refractivity contribution is 6.14. The Bertz CT molecular complexity index is 1320. The summed E-state index contributed by atoms with van der Waals surface area (Å²) in [6, 6.07) is 9.39. The average molecular weight is 477 g/mol. The molecule has 0 radical (unpaired) electrons. The monoisotopic (exact) mass is 476 g/mol. The van der Waals surface area contributed by atoms with Crippen LogP contribution in [0.25, 0.3) is 0 Å². The van der Waals surface area contributed by atoms with Gasteiger partial charge in [0.2, 0.25) is 5.76 Å². The standard InChI is InChI=1S/C25H28N6O4/c1-27-20(16-5-3-2-4-6-16)21-19(26)24(33)31(15-29-21)14-25(34)9-11-30(12-10-25)23(32)18-13-28-22(35-18)17-7-8-17/h2-6,13,15,17,34H,7-12,14,26H2,1H3. The van der Waals surface area contributed by atoms with Crippen LogP contribution in [0.2, 0.25) is 0 Å². The second-order valence-electron chi connectivity index (χ2n) is 9.23. The quantitative estimate of drug-likeness (QED) is 0.517. The molecule has 5 rings (SSSR count). The van der Waals surface area contributed by atoms with Crippen LogP contribution in [-0.2, 0) is 6.54 Å². The molecule has 2 aliphatic rings. The molecule has 10 heteroatoms. The van der Waals surface area contributed by atoms with E-state index in [0.29, 0.717) is 49.1 Å². The van der Waals surface area contributed by atoms with Gasteiger partial charge in [0, 0.05) is 31.6 Å². The number of anilines is 1. The molecule has 0 atom stereocenters. The van der Waals surface area contributed by atoms with Crippen LogP contribution in [0.4, 0.5) is 5.69 Å². The van der Waals surface area contributed by atoms with E-state index in [1.807, 2.05) is 30.3 Å². The Hall–Kier alpha value is -3.79. The Morgan fingerprint density at radius 3 is 2.60 bits per heavy atom. The molecule has 0 unspecified atom stereocenters. The van der Waals surface area contributed by atoms with Gasteiger partial charge in [-0.05, 0) is 25.7 Å². The predicted molar refractivity (Wildman–Crippen MR) is 129 cm³/mol. The fourth-order valence-electron chi connectivity index (χ4n) is 4.44. The number of aliphatic imine (C=N–C) groups is 1. The number of oxazole rings is 1. The van der Waals surface area contributed by atoms with Crippen molar-refractivity contribution in [3.63, 3.8) is 0 Å². The number of hydrogen-bond donors (Lipinski definition) is 2. The summed E-state index contributed by atoms with van der Waals surface area (Å²) in [5.41, 5.74) is 6.18. The van der Waals surface area contributed by atoms with Crippen molar-refractivity contribution < 1.29 is 14.3 Å². The van der Waals surface area contributed by atoms with E-state index in [1.54, 1.807) is 11.9 Å². The lowest BCUT2D eigenvalue weighted by Gasteiger charge is -2.38. The second-order valence-corrected chi connectivity index (χ2v) is 9.23. The number of piperidine rings is 1. The molecule has 1 aliphatic heterocycles. The predicted octanol–water partition coefficient (Wildman–Crippen LogP) is 1.83. The molecule has 1 amide bonds. The molecule has 2 fully saturated rings. The first-order chi connectivity index (χ1) is 16.9. The van der Waals surface area contributed by atoms with Gasteiger partial charge in [-0.3, -0.25) is 19.1 Å². The first kappa shape index (κ1) is 23.0. The Kier molecular flexibility index (Phi) is 5.98. The van der Waals surface area contributed by atoms with Gasteiger partial charge >= 0.3 is 0 Å². The Balaban J connectivity index is 1.27. The summed E-state index contributed by atoms with van der Waals surface area (Å²) >= 11 is 0. The van der Waals surface area contributed by atoms with Gasteiger partial charge in [0.15, 0.2) is 5.89 Å². The summed E-state index contributed by atoms with van der Waals surface area (Å²) in [6.45, 7) is 0.708. The van der Waals surface area contributed by atoms with Gasteiger partial charge in [-0.2, -0.15) is 0 Å². The Morgan fingerprint density at radius 1 is 1.23 bits per heavy atom. The summed E-state index contributed by atoms with van der Waals surface area (Å²) in [5.74, 6) is 0.957. The fourth-order valence-corrected chi connectivity index (χ4v) is 4.44. The SMILES string of the molecule is CN=C(c1ccccc1)c1ncn(CC2(O)CCN(C(=O)c3cnc(C4CC4)o3)CC2)c(=O)c1N. The maximum atomic E-state index is 13.0. The van der Waals surface area contributed by atoms with Gasteiger partial charge in [-0.15, -0.1) is 0 Å². The molecule has 3 heterocycles. The van der Waals surface area contributed by atoms with Crippen LogP contribution in [0.15, 0.2) is 57.1 Å². The molecule has 1 aromatic carbocycles. The number of rotatable bonds is 6. The van der Waals surface area contributed by atoms with Crippen molar-refractivity contribution in [3.8, 4) is 0 Å². The Labute approximate surface area is 202 Å². The minimum Gasteiger partial charge on any atom is -0.435 e. The highest BCUT2D eigenvalue weighted by Gasteiger charge is 2.36. The third-order valence-corrected chi connectivity index (χ3v) is 6.67. The molecular formula is C25H28N6O4. The lowest BCUT2D eigenvalue weighted by Crippen LogP contribution is -2.49. The van der Waals surface area contributed by atoms with Crippen molar-refractivity contribution in [2.45, 2.75) is 43.7 Å². The van der Waals surface area contributed by atoms with Crippen LogP contribution >= 0.6 is 0 Å². The minimum absolute atomic E-state index is 0.0232. The number of aromatic nitrogens is 3. The summed E-state index contributed by atoms with van der Waals surface area (Å²) in [5, 5.41) is 11.2. The zero-order chi connectivity index (χ0) is 24.6. The number of benzene rings is 1. The van der Waals surface area contributed by atoms with Crippen molar-refractivity contribution >= 4 is 17.3 Å². The number of carbonyl (C=O) groups excluding carboxylic acids is 1. The molecule has 1 saturated heterocycles. The number of likely N-dealkylation sites (tertiary alicyclic amines) is 1. The molecule has 3 N–H and O–H groups in total. The fraction of sp³-hybridized carbons (Fsp3) is 0.400. The number of nitrogens with two attached hydrogens (primary N) is 1. The maximum absolute atomic E-state index is 13.0. The topological polar surface area (TPSA) is 140 Å². The van der Waals surface area contributed by atoms with E-state index in [-0.39, 0.29) is 23.9 Å². The number of aliphatic hydroxyl groups is 1. The van der Waals surface area contributed by atoms with Gasteiger partial charge in [-0.25, -0.2) is 9.97 Å². The van der Waals surface area contributed by atoms with Gasteiger partial charge in [0.05, 0.1) is 30.4 Å². The molecule has 10 nitrogen and oxygen atoms in total. The molecule has 182 valence electrons. The number of amides is 1. The summed E-state index contributed by atoms with van der Waals surface area (Å²) in [7, 11) is 1.62. The molecule has 1 saturated carbocycles. The first-order valence-electron chi connectivity index (χ1n) is 11.7. The van der Waals surface area contributed by atoms with E-state index in [2.05, 4.69) is 15.0 Å². The highest BCUT2D eigenvalue weighted by Crippen LogP contribution is 2.39. The third kappa shape index (κ3) is 4.61. The number of hydrogen-bond acceptors (Lipinski definition) is 8. The molecular weight excluding hydrogens is 448 g/mol. The van der Waals surface area contributed by atoms with E-state index in [1.165, 1.54) is 17.1 Å². The largest absolute Gasteiger partial charge is 0.435 e. The van der Waals surface area contributed by atoms with Crippen LogP contribution in [-0.4, -0.2) is 61.9 Å². The zero-order valence-corrected chi connectivity index (χ0v) is 19.6. The number of carbonyl (C=O) groups is 1. The van der Waals surface area contributed by atoms with Gasteiger partial charge in [-0.1, -0.05) is 30.3 Å². The minimum atomic E-state index is -1.17. The van der Waals surface area contributed by atoms with Gasteiger partial charge < -0.3 is 20.2 Å². The first-order valence-corrected chi connectivity index (χ1v) is 11.7. The van der Waals surface area contributed by atoms with Crippen molar-refractivity contribution in [1.82, 2.24) is 19.4 Å². The van der Waals surface area contributed by atoms with E-state index in [0.717, 1.165) is 18.4 Å². The van der Waals surface area contributed by atoms with Crippen LogP contribution in [0.3, 0.4) is 0 Å². The smallest absolute Gasteiger partial charge is 0.291 e. The molecule has 1 aliphatic carbocycles. The summed E-state index contributed by atoms with van der Waals surface area (Å²) in [4.78, 5) is 40.4. The lowest BCUT2D eigenvalue weighted by molar-refractivity contribution is -0.0305. The average Bonchev–Trinajstić information content (AvgIpc) is 3.61. The van der Waals surface area contributed by atoms with Crippen LogP contribution in [0, 0.1) is 0 Å². The molecule has 0 bridgehead atoms. The second kappa shape index (κ2) is 9.10. The number of nitrogens with zero attached hydrogens (tertiary/aromatic N) is 5. The van der Waals surface area contributed by atoms with Crippen LogP contribution < -0.4 is 11.3 Å². The van der Waals surface area contributed by atoms with Gasteiger partial charge in [0.25, 0.3) is 11.5 Å². The van der Waals surface area contributed by atoms with Crippen LogP contribution in [0.1, 0.15) is 59.3 Å². The highest BCUT2D eigenvalue weighted by atomic mass is 16.4. The number of nitrogen functional groups attached to an aromatic ring is 1. The summed E-state index contributed by atoms with van der Waals surface area (Å²) in [6.07, 6.45) is 5.58. The van der Waals surface area contributed by atoms with E-state index in [4.69, 9.17) is 10.2 Å². The zero-order valence-electron chi connectivity index (χ0n) is 19.6. The van der Waals surface area contributed by atoms with E-state index >= 15 is 0 Å². The lowest BCUT2D eigenvalue weighted by atomic mass is 9.91. The van der Waals surface area contributed by atoms with E-state index < -0.39 is 11.2 Å². The van der Waals surface area contributed by atoms with Crippen molar-refractivity contribution in [1.29, 1.82) is 0 Å². The molecule has 35 heavy (non-hydrogen) atoms. The normalized spacial score (nSPS) is 18.0. The van der Waals surface area contributed by atoms with Crippen molar-refractivity contribution in [2.24, 2.45) is 4.99 Å². The van der Waals surface area contributed by atoms with Crippen molar-refractivity contribution in [3.05, 3.63) is 76.1 Å². The maximum Gasteiger partial charge on any atom is 0.291 e. The molecule has 3 aromatic rings. The van der Waals surface area contributed by atoms with Crippen molar-refractivity contribution in [2.75, 3.05) is 25.9 Å². The van der Waals surface area contributed by atoms with Gasteiger partial charge in [0.1, 0.15) is 11.4 Å². The molecule has 2 aromatic heterocycles. The molecule has 0 spiro atoms. The van der Waals surface area contributed by atoms with E-state index in [9.17, 15) is 14.7 Å². The van der Waals surface area contributed by atoms with Crippen LogP contribution in [0.5, 0.6) is 0 Å².